The average Bonchev–Trinajstić information content (AvgIpc) is 2.93. The van der Waals surface area contributed by atoms with Crippen molar-refractivity contribution in [1.29, 1.82) is 0 Å². The van der Waals surface area contributed by atoms with Crippen molar-refractivity contribution in [1.82, 2.24) is 15.3 Å². The topological polar surface area (TPSA) is 85.8 Å². The number of benzene rings is 2. The third kappa shape index (κ3) is 6.82. The van der Waals surface area contributed by atoms with Crippen molar-refractivity contribution in [2.24, 2.45) is 0 Å². The molecule has 8 nitrogen and oxygen atoms in total. The lowest BCUT2D eigenvalue weighted by Crippen LogP contribution is -2.36. The largest absolute Gasteiger partial charge is 0.493 e. The number of ether oxygens (including phenoxy) is 3. The fourth-order valence-corrected chi connectivity index (χ4v) is 4.83. The summed E-state index contributed by atoms with van der Waals surface area (Å²) in [6, 6.07) is 11.7. The van der Waals surface area contributed by atoms with Crippen LogP contribution in [-0.4, -0.2) is 61.9 Å². The molecule has 0 unspecified atom stereocenters. The normalized spacial score (nSPS) is 13.3. The summed E-state index contributed by atoms with van der Waals surface area (Å²) in [6.45, 7) is 10.6. The van der Waals surface area contributed by atoms with Crippen LogP contribution < -0.4 is 19.7 Å². The predicted molar refractivity (Wildman–Crippen MR) is 152 cm³/mol. The number of carbonyl (C=O) groups is 1. The highest BCUT2D eigenvalue weighted by Crippen LogP contribution is 2.37. The van der Waals surface area contributed by atoms with E-state index in [0.29, 0.717) is 57.2 Å². The van der Waals surface area contributed by atoms with E-state index in [1.807, 2.05) is 45.0 Å². The third-order valence-corrected chi connectivity index (χ3v) is 6.93. The molecule has 0 atom stereocenters. The van der Waals surface area contributed by atoms with E-state index in [4.69, 9.17) is 19.2 Å². The minimum absolute atomic E-state index is 0.0846. The second-order valence-corrected chi connectivity index (χ2v) is 9.70. The monoisotopic (exact) mass is 582 g/mol. The maximum Gasteiger partial charge on any atom is 0.251 e. The van der Waals surface area contributed by atoms with E-state index in [1.165, 1.54) is 0 Å². The van der Waals surface area contributed by atoms with Gasteiger partial charge in [0.2, 0.25) is 0 Å². The number of hydrogen-bond acceptors (Lipinski definition) is 7. The molecule has 1 amide bonds. The Kier molecular flexibility index (Phi) is 9.95. The number of halogens is 1. The number of aromatic nitrogens is 2. The molecule has 202 valence electrons. The van der Waals surface area contributed by atoms with E-state index in [9.17, 15) is 4.79 Å². The Balaban J connectivity index is 1.65. The molecule has 0 bridgehead atoms. The highest BCUT2D eigenvalue weighted by atomic mass is 79.9. The van der Waals surface area contributed by atoms with Crippen LogP contribution in [0.3, 0.4) is 0 Å². The molecule has 2 heterocycles. The first-order valence-corrected chi connectivity index (χ1v) is 13.9. The van der Waals surface area contributed by atoms with E-state index in [1.54, 1.807) is 6.20 Å². The molecule has 1 fully saturated rings. The highest BCUT2D eigenvalue weighted by molar-refractivity contribution is 9.10. The van der Waals surface area contributed by atoms with Gasteiger partial charge in [0.05, 0.1) is 42.3 Å². The van der Waals surface area contributed by atoms with Crippen LogP contribution in [-0.2, 0) is 17.6 Å². The predicted octanol–water partition coefficient (Wildman–Crippen LogP) is 4.80. The summed E-state index contributed by atoms with van der Waals surface area (Å²) in [4.78, 5) is 24.3. The van der Waals surface area contributed by atoms with Gasteiger partial charge < -0.3 is 24.4 Å². The minimum atomic E-state index is -0.0846. The molecule has 1 aliphatic rings. The Bertz CT molecular complexity index is 1250. The van der Waals surface area contributed by atoms with Gasteiger partial charge in [-0.1, -0.05) is 18.2 Å². The van der Waals surface area contributed by atoms with Crippen LogP contribution in [0.1, 0.15) is 53.8 Å². The molecule has 0 spiro atoms. The van der Waals surface area contributed by atoms with Gasteiger partial charge in [0.1, 0.15) is 17.3 Å². The maximum atomic E-state index is 12.6. The summed E-state index contributed by atoms with van der Waals surface area (Å²) in [6.07, 6.45) is 2.76. The molecule has 1 aliphatic heterocycles. The first-order chi connectivity index (χ1) is 18.5. The molecule has 4 rings (SSSR count). The van der Waals surface area contributed by atoms with Crippen LogP contribution >= 0.6 is 15.9 Å². The summed E-state index contributed by atoms with van der Waals surface area (Å²) < 4.78 is 18.5. The lowest BCUT2D eigenvalue weighted by atomic mass is 10.0. The molecule has 0 aliphatic carbocycles. The lowest BCUT2D eigenvalue weighted by Gasteiger charge is -2.31. The smallest absolute Gasteiger partial charge is 0.251 e. The van der Waals surface area contributed by atoms with Crippen molar-refractivity contribution in [3.63, 3.8) is 0 Å². The van der Waals surface area contributed by atoms with E-state index in [-0.39, 0.29) is 5.91 Å². The minimum Gasteiger partial charge on any atom is -0.493 e. The van der Waals surface area contributed by atoms with Gasteiger partial charge in [-0.05, 0) is 54.4 Å². The number of nitrogens with one attached hydrogen (secondary N) is 1. The van der Waals surface area contributed by atoms with Gasteiger partial charge in [0.15, 0.2) is 0 Å². The summed E-state index contributed by atoms with van der Waals surface area (Å²) in [5, 5.41) is 2.89. The molecule has 1 aromatic heterocycles. The molecular weight excluding hydrogens is 548 g/mol. The molecule has 1 N–H and O–H groups in total. The summed E-state index contributed by atoms with van der Waals surface area (Å²) in [5.74, 6) is 2.20. The highest BCUT2D eigenvalue weighted by Gasteiger charge is 2.21. The Morgan fingerprint density at radius 1 is 1.03 bits per heavy atom. The van der Waals surface area contributed by atoms with Crippen molar-refractivity contribution >= 4 is 27.5 Å². The van der Waals surface area contributed by atoms with Crippen molar-refractivity contribution < 1.29 is 19.0 Å². The zero-order valence-corrected chi connectivity index (χ0v) is 23.8. The van der Waals surface area contributed by atoms with Crippen molar-refractivity contribution in [3.05, 3.63) is 75.3 Å². The Morgan fingerprint density at radius 3 is 2.50 bits per heavy atom. The zero-order chi connectivity index (χ0) is 26.9. The van der Waals surface area contributed by atoms with Crippen molar-refractivity contribution in [3.8, 4) is 11.5 Å². The summed E-state index contributed by atoms with van der Waals surface area (Å²) in [5.41, 5.74) is 4.36. The van der Waals surface area contributed by atoms with E-state index < -0.39 is 0 Å². The maximum absolute atomic E-state index is 12.6. The fourth-order valence-electron chi connectivity index (χ4n) is 4.50. The van der Waals surface area contributed by atoms with Gasteiger partial charge in [-0.3, -0.25) is 4.79 Å². The van der Waals surface area contributed by atoms with E-state index >= 15 is 0 Å². The van der Waals surface area contributed by atoms with E-state index in [0.717, 1.165) is 51.6 Å². The fraction of sp³-hybridized carbons (Fsp3) is 0.414. The van der Waals surface area contributed by atoms with Crippen molar-refractivity contribution in [2.75, 3.05) is 51.0 Å². The zero-order valence-electron chi connectivity index (χ0n) is 22.3. The summed E-state index contributed by atoms with van der Waals surface area (Å²) in [7, 11) is 0. The van der Waals surface area contributed by atoms with Crippen molar-refractivity contribution in [2.45, 2.75) is 33.6 Å². The molecular formula is C29H35BrN4O4. The van der Waals surface area contributed by atoms with Crippen LogP contribution in [0.2, 0.25) is 0 Å². The molecule has 0 saturated carbocycles. The van der Waals surface area contributed by atoms with Gasteiger partial charge in [-0.25, -0.2) is 9.97 Å². The Hall–Kier alpha value is -3.17. The molecule has 0 radical (unpaired) electrons. The Morgan fingerprint density at radius 2 is 1.76 bits per heavy atom. The Labute approximate surface area is 232 Å². The van der Waals surface area contributed by atoms with Gasteiger partial charge in [-0.2, -0.15) is 0 Å². The SMILES string of the molecule is CCNC(=O)c1ccccc1Cc1nc(Cc2cc(OCC)c(N3CCOCC3)cc2OCC)ncc1Br. The van der Waals surface area contributed by atoms with Crippen LogP contribution in [0.25, 0.3) is 0 Å². The molecule has 1 saturated heterocycles. The molecule has 3 aromatic rings. The second kappa shape index (κ2) is 13.6. The summed E-state index contributed by atoms with van der Waals surface area (Å²) >= 11 is 3.60. The van der Waals surface area contributed by atoms with Crippen LogP contribution in [0.5, 0.6) is 11.5 Å². The molecule has 38 heavy (non-hydrogen) atoms. The number of hydrogen-bond donors (Lipinski definition) is 1. The molecule has 9 heteroatoms. The first-order valence-electron chi connectivity index (χ1n) is 13.2. The van der Waals surface area contributed by atoms with E-state index in [2.05, 4.69) is 43.3 Å². The number of rotatable bonds is 11. The number of morpholine rings is 1. The number of nitrogens with zero attached hydrogens (tertiary/aromatic N) is 3. The van der Waals surface area contributed by atoms with Gasteiger partial charge in [0, 0.05) is 55.9 Å². The van der Waals surface area contributed by atoms with Gasteiger partial charge in [0.25, 0.3) is 5.91 Å². The first kappa shape index (κ1) is 27.9. The number of amides is 1. The van der Waals surface area contributed by atoms with Crippen LogP contribution in [0, 0.1) is 0 Å². The van der Waals surface area contributed by atoms with Crippen LogP contribution in [0.4, 0.5) is 5.69 Å². The molecule has 2 aromatic carbocycles. The average molecular weight is 584 g/mol. The van der Waals surface area contributed by atoms with Gasteiger partial charge in [-0.15, -0.1) is 0 Å². The quantitative estimate of drug-likeness (QED) is 0.347. The standard InChI is InChI=1S/C29H35BrN4O4/c1-4-31-29(35)22-10-8-7-9-20(22)15-24-23(30)19-32-28(33-24)17-21-16-27(38-6-3)25(18-26(21)37-5-2)34-11-13-36-14-12-34/h7-10,16,18-19H,4-6,11-15,17H2,1-3H3,(H,31,35). The number of carbonyl (C=O) groups excluding carboxylic acids is 1. The third-order valence-electron chi connectivity index (χ3n) is 6.27. The van der Waals surface area contributed by atoms with Crippen LogP contribution in [0.15, 0.2) is 47.1 Å². The second-order valence-electron chi connectivity index (χ2n) is 8.84. The number of anilines is 1. The van der Waals surface area contributed by atoms with Gasteiger partial charge >= 0.3 is 0 Å². The lowest BCUT2D eigenvalue weighted by molar-refractivity contribution is 0.0955.